The van der Waals surface area contributed by atoms with Gasteiger partial charge in [0, 0.05) is 6.54 Å². The fraction of sp³-hybridized carbons (Fsp3) is 0.0714. The average Bonchev–Trinajstić information content (AvgIpc) is 3.41. The Bertz CT molecular complexity index is 2100. The van der Waals surface area contributed by atoms with Crippen molar-refractivity contribution in [2.24, 2.45) is 5.73 Å². The molecular weight excluding hydrogens is 595 g/mol. The molecule has 17 heteroatoms. The first kappa shape index (κ1) is 29.8. The van der Waals surface area contributed by atoms with Gasteiger partial charge in [0.05, 0.1) is 17.4 Å². The fourth-order valence-corrected chi connectivity index (χ4v) is 4.31. The van der Waals surface area contributed by atoms with Crippen LogP contribution in [0.2, 0.25) is 0 Å². The molecule has 0 aliphatic heterocycles. The summed E-state index contributed by atoms with van der Waals surface area (Å²) in [4.78, 5) is 80.6. The second-order valence-corrected chi connectivity index (χ2v) is 9.60. The summed E-state index contributed by atoms with van der Waals surface area (Å²) < 4.78 is 15.4. The minimum atomic E-state index is -1.40. The summed E-state index contributed by atoms with van der Waals surface area (Å²) in [6.45, 7) is -0.181. The van der Waals surface area contributed by atoms with Crippen LogP contribution in [0, 0.1) is 5.82 Å². The van der Waals surface area contributed by atoms with Crippen LogP contribution >= 0.6 is 0 Å². The van der Waals surface area contributed by atoms with E-state index in [0.717, 1.165) is 22.7 Å². The van der Waals surface area contributed by atoms with E-state index in [1.165, 1.54) is 36.4 Å². The van der Waals surface area contributed by atoms with E-state index in [1.807, 2.05) is 0 Å². The Hall–Kier alpha value is -6.65. The Kier molecular flexibility index (Phi) is 7.66. The number of primary amides is 1. The van der Waals surface area contributed by atoms with E-state index in [9.17, 15) is 38.3 Å². The van der Waals surface area contributed by atoms with Crippen LogP contribution in [0.4, 0.5) is 21.5 Å². The molecular formula is C28H21FN8O8. The number of carbonyl (C=O) groups excluding carboxylic acids is 3. The topological polar surface area (TPSA) is 261 Å². The summed E-state index contributed by atoms with van der Waals surface area (Å²) in [5.41, 5.74) is 8.32. The maximum absolute atomic E-state index is 14.3. The minimum absolute atomic E-state index is 0.0612. The van der Waals surface area contributed by atoms with Gasteiger partial charge in [-0.15, -0.1) is 0 Å². The van der Waals surface area contributed by atoms with Crippen LogP contribution in [0.1, 0.15) is 48.5 Å². The predicted molar refractivity (Wildman–Crippen MR) is 154 cm³/mol. The Morgan fingerprint density at radius 1 is 0.978 bits per heavy atom. The molecule has 0 bridgehead atoms. The van der Waals surface area contributed by atoms with Crippen molar-refractivity contribution >= 4 is 46.5 Å². The van der Waals surface area contributed by atoms with Crippen molar-refractivity contribution in [3.63, 3.8) is 0 Å². The molecule has 0 radical (unpaired) electrons. The highest BCUT2D eigenvalue weighted by molar-refractivity contribution is 6.00. The zero-order valence-corrected chi connectivity index (χ0v) is 22.7. The van der Waals surface area contributed by atoms with Crippen molar-refractivity contribution in [3.8, 4) is 5.88 Å². The number of benzene rings is 2. The monoisotopic (exact) mass is 616 g/mol. The number of aromatic hydroxyl groups is 1. The number of rotatable bonds is 10. The number of hydrogen-bond donors (Lipinski definition) is 7. The molecule has 0 unspecified atom stereocenters. The van der Waals surface area contributed by atoms with Crippen LogP contribution in [0.3, 0.4) is 0 Å². The maximum Gasteiger partial charge on any atom is 0.335 e. The third kappa shape index (κ3) is 5.85. The number of anilines is 3. The molecule has 5 aromatic rings. The zero-order valence-electron chi connectivity index (χ0n) is 22.7. The number of carboxylic acids is 1. The molecule has 0 saturated heterocycles. The number of halogens is 1. The van der Waals surface area contributed by atoms with Crippen molar-refractivity contribution in [2.45, 2.75) is 12.6 Å². The van der Waals surface area contributed by atoms with Gasteiger partial charge in [0.15, 0.2) is 0 Å². The van der Waals surface area contributed by atoms with Crippen molar-refractivity contribution in [1.82, 2.24) is 25.0 Å². The summed E-state index contributed by atoms with van der Waals surface area (Å²) in [5, 5.41) is 26.5. The lowest BCUT2D eigenvalue weighted by Gasteiger charge is -2.17. The van der Waals surface area contributed by atoms with Gasteiger partial charge in [-0.1, -0.05) is 18.2 Å². The molecule has 0 fully saturated rings. The Balaban J connectivity index is 1.37. The highest BCUT2D eigenvalue weighted by Crippen LogP contribution is 2.23. The first-order valence-corrected chi connectivity index (χ1v) is 12.8. The number of nitrogen functional groups attached to an aromatic ring is 1. The molecule has 0 aliphatic carbocycles. The van der Waals surface area contributed by atoms with Crippen molar-refractivity contribution < 1.29 is 33.8 Å². The second kappa shape index (κ2) is 11.6. The van der Waals surface area contributed by atoms with Crippen LogP contribution in [0.15, 0.2) is 64.3 Å². The Labute approximate surface area is 249 Å². The van der Waals surface area contributed by atoms with Crippen molar-refractivity contribution in [3.05, 3.63) is 109 Å². The van der Waals surface area contributed by atoms with E-state index < -0.39 is 52.3 Å². The first-order valence-electron chi connectivity index (χ1n) is 12.8. The molecule has 9 N–H and O–H groups in total. The third-order valence-corrected chi connectivity index (χ3v) is 6.63. The Morgan fingerprint density at radius 2 is 1.69 bits per heavy atom. The van der Waals surface area contributed by atoms with Crippen molar-refractivity contribution in [2.75, 3.05) is 11.1 Å². The van der Waals surface area contributed by atoms with E-state index in [-0.39, 0.29) is 51.9 Å². The normalized spacial score (nSPS) is 11.7. The van der Waals surface area contributed by atoms with Gasteiger partial charge < -0.3 is 37.6 Å². The molecule has 228 valence electrons. The molecule has 5 rings (SSSR count). The number of carbonyl (C=O) groups is 4. The summed E-state index contributed by atoms with van der Waals surface area (Å²) >= 11 is 0. The summed E-state index contributed by atoms with van der Waals surface area (Å²) in [5.74, 6) is -5.44. The fourth-order valence-electron chi connectivity index (χ4n) is 4.31. The van der Waals surface area contributed by atoms with E-state index in [4.69, 9.17) is 16.6 Å². The van der Waals surface area contributed by atoms with Crippen LogP contribution in [-0.2, 0) is 11.3 Å². The lowest BCUT2D eigenvalue weighted by Crippen LogP contribution is -2.38. The number of imidazole rings is 1. The van der Waals surface area contributed by atoms with Gasteiger partial charge in [0.25, 0.3) is 22.7 Å². The summed E-state index contributed by atoms with van der Waals surface area (Å²) in [6.07, 6.45) is 1.05. The van der Waals surface area contributed by atoms with Crippen LogP contribution in [0.25, 0.3) is 5.78 Å². The maximum atomic E-state index is 14.3. The molecule has 45 heavy (non-hydrogen) atoms. The van der Waals surface area contributed by atoms with Gasteiger partial charge in [-0.25, -0.2) is 14.2 Å². The van der Waals surface area contributed by atoms with Crippen LogP contribution in [0.5, 0.6) is 5.88 Å². The number of carboxylic acid groups (broad SMARTS) is 1. The number of aromatic nitrogens is 3. The number of aromatic carboxylic acids is 1. The number of nitrogens with zero attached hydrogens (tertiary/aromatic N) is 3. The summed E-state index contributed by atoms with van der Waals surface area (Å²) in [7, 11) is 0. The van der Waals surface area contributed by atoms with E-state index in [2.05, 4.69) is 25.9 Å². The molecule has 3 amide bonds. The standard InChI is InChI=1S/C28H21FN8O8/c29-14-6-1-11(7-15(14)33-21-19(30)22(39)23(21)40)9-32-25(42)16-8-17(37-10-18(38)35-28(37)34-16)26(43)36-20(24(31)41)12-2-4-13(5-3-12)27(44)45/h1-8,10,20,33,38H,9,30H2,(H2,31,41)(H,32,42)(H,36,43)(H,44,45)/t20-/m0/s1. The number of nitrogens with two attached hydrogens (primary N) is 2. The van der Waals surface area contributed by atoms with E-state index >= 15 is 0 Å². The van der Waals surface area contributed by atoms with E-state index in [1.54, 1.807) is 0 Å². The first-order chi connectivity index (χ1) is 21.3. The zero-order chi connectivity index (χ0) is 32.6. The lowest BCUT2D eigenvalue weighted by atomic mass is 10.0. The number of nitrogens with one attached hydrogen (secondary N) is 3. The molecule has 0 spiro atoms. The second-order valence-electron chi connectivity index (χ2n) is 9.60. The van der Waals surface area contributed by atoms with Gasteiger partial charge in [-0.05, 0) is 41.5 Å². The third-order valence-electron chi connectivity index (χ3n) is 6.63. The Morgan fingerprint density at radius 3 is 2.33 bits per heavy atom. The number of fused-ring (bicyclic) bond motifs is 1. The molecule has 16 nitrogen and oxygen atoms in total. The summed E-state index contributed by atoms with van der Waals surface area (Å²) in [6, 6.07) is 8.40. The van der Waals surface area contributed by atoms with Gasteiger partial charge >= 0.3 is 5.97 Å². The average molecular weight is 617 g/mol. The largest absolute Gasteiger partial charge is 0.492 e. The van der Waals surface area contributed by atoms with Gasteiger partial charge in [-0.3, -0.25) is 28.4 Å². The number of amides is 3. The molecule has 2 heterocycles. The van der Waals surface area contributed by atoms with Gasteiger partial charge in [0.2, 0.25) is 17.6 Å². The van der Waals surface area contributed by atoms with Crippen molar-refractivity contribution in [1.29, 1.82) is 0 Å². The minimum Gasteiger partial charge on any atom is -0.492 e. The highest BCUT2D eigenvalue weighted by Gasteiger charge is 2.25. The predicted octanol–water partition coefficient (Wildman–Crippen LogP) is 0.0804. The molecule has 3 aromatic carbocycles. The van der Waals surface area contributed by atoms with Crippen LogP contribution in [-0.4, -0.2) is 48.3 Å². The number of hydrogen-bond acceptors (Lipinski definition) is 11. The molecule has 1 atom stereocenters. The molecule has 2 aromatic heterocycles. The highest BCUT2D eigenvalue weighted by atomic mass is 19.1. The SMILES string of the molecule is NC(=O)[C@@H](NC(=O)c1cc(C(=O)NCc2ccc(F)c(Nc3c(N)c(=O)c3=O)c2)nc2nc(O)cn12)c1ccc(C(=O)O)cc1. The van der Waals surface area contributed by atoms with E-state index in [0.29, 0.717) is 5.56 Å². The van der Waals surface area contributed by atoms with Crippen LogP contribution < -0.4 is 38.3 Å². The van der Waals surface area contributed by atoms with Gasteiger partial charge in [0.1, 0.15) is 34.6 Å². The smallest absolute Gasteiger partial charge is 0.335 e. The van der Waals surface area contributed by atoms with Gasteiger partial charge in [-0.2, -0.15) is 4.98 Å². The quantitative estimate of drug-likeness (QED) is 0.103. The molecule has 0 aliphatic rings. The lowest BCUT2D eigenvalue weighted by molar-refractivity contribution is -0.120. The molecule has 0 saturated carbocycles.